The van der Waals surface area contributed by atoms with Crippen LogP contribution in [-0.4, -0.2) is 55.1 Å². The fourth-order valence-corrected chi connectivity index (χ4v) is 9.61. The van der Waals surface area contributed by atoms with Gasteiger partial charge in [-0.25, -0.2) is 28.5 Å². The van der Waals surface area contributed by atoms with Crippen molar-refractivity contribution in [1.82, 2.24) is 29.0 Å². The Morgan fingerprint density at radius 3 is 2.21 bits per heavy atom. The number of hydrogen-bond donors (Lipinski definition) is 2. The van der Waals surface area contributed by atoms with Crippen LogP contribution in [0.4, 0.5) is 20.3 Å². The number of halogens is 3. The molecule has 12 nitrogen and oxygen atoms in total. The number of nitrogens with two attached hydrogens (primary N) is 1. The number of carbonyl (C=O) groups is 1. The van der Waals surface area contributed by atoms with Crippen LogP contribution in [0.2, 0.25) is 5.02 Å². The maximum atomic E-state index is 14.0. The Labute approximate surface area is 367 Å². The third kappa shape index (κ3) is 8.86. The molecule has 1 aliphatic heterocycles. The molecule has 2 fully saturated rings. The number of carbonyl (C=O) groups excluding carboxylic acids is 1. The van der Waals surface area contributed by atoms with Gasteiger partial charge in [-0.2, -0.15) is 0 Å². The van der Waals surface area contributed by atoms with Crippen molar-refractivity contribution in [2.75, 3.05) is 25.5 Å². The largest absolute Gasteiger partial charge is 0.481 e. The number of aromatic nitrogens is 5. The molecular weight excluding hydrogens is 814 g/mol. The van der Waals surface area contributed by atoms with E-state index in [1.54, 1.807) is 19.2 Å². The predicted octanol–water partition coefficient (Wildman–Crippen LogP) is 9.67. The van der Waals surface area contributed by atoms with Gasteiger partial charge in [0.2, 0.25) is 11.8 Å². The van der Waals surface area contributed by atoms with Gasteiger partial charge in [-0.1, -0.05) is 83.5 Å². The van der Waals surface area contributed by atoms with Crippen molar-refractivity contribution in [2.24, 2.45) is 30.7 Å². The van der Waals surface area contributed by atoms with Crippen LogP contribution in [-0.2, 0) is 31.9 Å². The fraction of sp³-hybridized carbons (Fsp3) is 0.489. The number of nitrogens with zero attached hydrogens (tertiary/aromatic N) is 6. The molecule has 5 aromatic rings. The lowest BCUT2D eigenvalue weighted by molar-refractivity contribution is -0.127. The molecule has 0 saturated heterocycles. The van der Waals surface area contributed by atoms with Crippen LogP contribution in [0.25, 0.3) is 33.4 Å². The minimum absolute atomic E-state index is 0.100. The van der Waals surface area contributed by atoms with E-state index in [-0.39, 0.29) is 33.6 Å². The summed E-state index contributed by atoms with van der Waals surface area (Å²) < 4.78 is 35.7. The first-order valence-electron chi connectivity index (χ1n) is 21.8. The molecule has 2 saturated carbocycles. The van der Waals surface area contributed by atoms with Crippen LogP contribution in [0.1, 0.15) is 109 Å². The third-order valence-corrected chi connectivity index (χ3v) is 13.0. The lowest BCUT2D eigenvalue weighted by Crippen LogP contribution is -2.38. The highest BCUT2D eigenvalue weighted by Gasteiger charge is 2.56. The maximum absolute atomic E-state index is 14.0. The van der Waals surface area contributed by atoms with E-state index in [2.05, 4.69) is 26.3 Å². The second-order valence-corrected chi connectivity index (χ2v) is 16.0. The number of fused-ring (bicyclic) bond motifs is 4. The number of methoxy groups -OCH3 is 1. The van der Waals surface area contributed by atoms with Crippen LogP contribution >= 0.6 is 11.6 Å². The molecule has 15 heteroatoms. The molecule has 0 radical (unpaired) electrons. The molecular formula is C47H61ClF2N8O4. The first-order chi connectivity index (χ1) is 29.7. The van der Waals surface area contributed by atoms with Gasteiger partial charge >= 0.3 is 5.69 Å². The van der Waals surface area contributed by atoms with Gasteiger partial charge in [-0.05, 0) is 92.7 Å². The molecule has 0 atom stereocenters. The van der Waals surface area contributed by atoms with Crippen molar-refractivity contribution in [3.05, 3.63) is 90.8 Å². The van der Waals surface area contributed by atoms with Gasteiger partial charge in [-0.3, -0.25) is 23.6 Å². The second-order valence-electron chi connectivity index (χ2n) is 15.7. The normalized spacial score (nSPS) is 18.8. The van der Waals surface area contributed by atoms with Crippen LogP contribution in [0, 0.1) is 17.8 Å². The van der Waals surface area contributed by atoms with E-state index in [0.717, 1.165) is 90.4 Å². The molecule has 62 heavy (non-hydrogen) atoms. The molecule has 0 unspecified atom stereocenters. The van der Waals surface area contributed by atoms with Gasteiger partial charge < -0.3 is 15.8 Å². The summed E-state index contributed by atoms with van der Waals surface area (Å²) in [7, 11) is 4.30. The monoisotopic (exact) mass is 874 g/mol. The van der Waals surface area contributed by atoms with Gasteiger partial charge in [0.05, 0.1) is 17.8 Å². The molecule has 3 aromatic heterocycles. The first-order valence-corrected chi connectivity index (χ1v) is 22.1. The highest BCUT2D eigenvalue weighted by atomic mass is 35.5. The van der Waals surface area contributed by atoms with Crippen molar-refractivity contribution >= 4 is 40.0 Å². The van der Waals surface area contributed by atoms with E-state index in [1.165, 1.54) is 14.1 Å². The highest BCUT2D eigenvalue weighted by molar-refractivity contribution is 6.36. The van der Waals surface area contributed by atoms with Crippen molar-refractivity contribution in [2.45, 2.75) is 106 Å². The number of benzene rings is 2. The molecule has 2 aromatic carbocycles. The molecule has 8 rings (SSSR count). The molecule has 0 spiro atoms. The Morgan fingerprint density at radius 1 is 0.935 bits per heavy atom. The summed E-state index contributed by atoms with van der Waals surface area (Å²) in [6.07, 6.45) is 3.66. The van der Waals surface area contributed by atoms with E-state index in [9.17, 15) is 23.2 Å². The Morgan fingerprint density at radius 2 is 1.58 bits per heavy atom. The second kappa shape index (κ2) is 19.9. The number of pyridine rings is 1. The summed E-state index contributed by atoms with van der Waals surface area (Å²) in [6, 6.07) is 13.2. The quantitative estimate of drug-likeness (QED) is 0.140. The maximum Gasteiger partial charge on any atom is 0.332 e. The molecule has 1 amide bonds. The smallest absolute Gasteiger partial charge is 0.332 e. The van der Waals surface area contributed by atoms with Gasteiger partial charge in [-0.15, -0.1) is 0 Å². The van der Waals surface area contributed by atoms with Crippen molar-refractivity contribution < 1.29 is 18.3 Å². The van der Waals surface area contributed by atoms with Crippen molar-refractivity contribution in [3.63, 3.8) is 0 Å². The number of ether oxygens (including phenoxy) is 1. The van der Waals surface area contributed by atoms with Crippen LogP contribution in [0.15, 0.2) is 52.1 Å². The Hall–Kier alpha value is -5.21. The number of hydrogen-bond acceptors (Lipinski definition) is 9. The third-order valence-electron chi connectivity index (χ3n) is 12.6. The molecule has 3 aliphatic rings. The molecule has 2 aliphatic carbocycles. The summed E-state index contributed by atoms with van der Waals surface area (Å²) in [6.45, 7) is 16.4. The molecule has 334 valence electrons. The standard InChI is InChI=1S/C41H43ClF2N8O4.3C2H6/c1-22-24(7-6-10-28(22)46-33-30-35(49-34(48-33)32(43)44)50(2)39(55)51(3)37(30)53)26-8-5-9-27(31(26)42)29-19-23-20-52(17-11-25(23)36(47-29)56-4)18-16-40-12-14-41(21-40,15-13-40)38(45)54;3*1-2/h5-10,19,32H,11-18,20-21H2,1-4H3,(H2,45,54)(H,46,48,49);3*1-2H3. The van der Waals surface area contributed by atoms with Crippen LogP contribution in [0.3, 0.4) is 0 Å². The van der Waals surface area contributed by atoms with E-state index >= 15 is 0 Å². The van der Waals surface area contributed by atoms with E-state index < -0.39 is 23.5 Å². The van der Waals surface area contributed by atoms with E-state index in [4.69, 9.17) is 27.1 Å². The Balaban J connectivity index is 0.00000116. The van der Waals surface area contributed by atoms with E-state index in [0.29, 0.717) is 39.0 Å². The number of alkyl halides is 2. The summed E-state index contributed by atoms with van der Waals surface area (Å²) in [5, 5.41) is 3.45. The zero-order valence-electron chi connectivity index (χ0n) is 37.7. The van der Waals surface area contributed by atoms with Crippen LogP contribution in [0.5, 0.6) is 5.88 Å². The Kier molecular flexibility index (Phi) is 15.3. The summed E-state index contributed by atoms with van der Waals surface area (Å²) in [5.74, 6) is -0.530. The number of nitrogens with one attached hydrogen (secondary N) is 1. The number of rotatable bonds is 10. The summed E-state index contributed by atoms with van der Waals surface area (Å²) in [5.41, 5.74) is 10.4. The minimum Gasteiger partial charge on any atom is -0.481 e. The van der Waals surface area contributed by atoms with Gasteiger partial charge in [0.25, 0.3) is 12.0 Å². The van der Waals surface area contributed by atoms with Crippen molar-refractivity contribution in [3.8, 4) is 28.3 Å². The summed E-state index contributed by atoms with van der Waals surface area (Å²) in [4.78, 5) is 53.4. The number of anilines is 2. The lowest BCUT2D eigenvalue weighted by atomic mass is 9.80. The number of amides is 1. The number of aryl methyl sites for hydroxylation is 1. The predicted molar refractivity (Wildman–Crippen MR) is 244 cm³/mol. The number of primary amides is 1. The lowest BCUT2D eigenvalue weighted by Gasteiger charge is -2.33. The average Bonchev–Trinajstić information content (AvgIpc) is 3.88. The zero-order valence-corrected chi connectivity index (χ0v) is 38.5. The topological polar surface area (TPSA) is 150 Å². The van der Waals surface area contributed by atoms with Crippen LogP contribution < -0.4 is 27.0 Å². The van der Waals surface area contributed by atoms with Gasteiger partial charge in [0.1, 0.15) is 11.2 Å². The van der Waals surface area contributed by atoms with Gasteiger partial charge in [0.15, 0.2) is 11.5 Å². The summed E-state index contributed by atoms with van der Waals surface area (Å²) >= 11 is 7.24. The SMILES string of the molecule is CC.CC.CC.COc1nc(-c2cccc(-c3cccc(Nc4nc(C(F)F)nc5c4c(=O)n(C)c(=O)n5C)c3C)c2Cl)cc2c1CCN(CCC13CCC(C(N)=O)(CC1)C3)C2. The minimum atomic E-state index is -3.05. The Bertz CT molecular complexity index is 2550. The highest BCUT2D eigenvalue weighted by Crippen LogP contribution is 2.63. The fourth-order valence-electron chi connectivity index (χ4n) is 9.28. The average molecular weight is 876 g/mol. The first kappa shape index (κ1) is 47.8. The molecule has 4 heterocycles. The molecule has 3 N–H and O–H groups in total. The van der Waals surface area contributed by atoms with Gasteiger partial charge in [0, 0.05) is 55.0 Å². The molecule has 2 bridgehead atoms. The zero-order chi connectivity index (χ0) is 45.7. The van der Waals surface area contributed by atoms with E-state index in [1.807, 2.05) is 72.7 Å². The van der Waals surface area contributed by atoms with Crippen molar-refractivity contribution in [1.29, 1.82) is 0 Å².